The Morgan fingerprint density at radius 1 is 0.424 bits per heavy atom. The molecule has 0 aliphatic heterocycles. The first-order valence-electron chi connectivity index (χ1n) is 20.1. The summed E-state index contributed by atoms with van der Waals surface area (Å²) in [7, 11) is -2.78. The van der Waals surface area contributed by atoms with Gasteiger partial charge < -0.3 is 9.47 Å². The maximum absolute atomic E-state index is 4.22. The predicted molar refractivity (Wildman–Crippen MR) is 256 cm³/mol. The number of anilines is 3. The molecule has 59 heavy (non-hydrogen) atoms. The Hall–Kier alpha value is -7.46. The molecule has 280 valence electrons. The van der Waals surface area contributed by atoms with Crippen molar-refractivity contribution in [1.29, 1.82) is 0 Å². The summed E-state index contributed by atoms with van der Waals surface area (Å²) < 4.78 is 2.40. The third-order valence-corrected chi connectivity index (χ3v) is 16.6. The molecule has 0 aliphatic rings. The topological polar surface area (TPSA) is 8.17 Å². The smallest absolute Gasteiger partial charge is 0.179 e. The molecule has 0 spiro atoms. The minimum Gasteiger partial charge on any atom is -0.311 e. The highest BCUT2D eigenvalue weighted by atomic mass is 28.3. The molecule has 0 aliphatic carbocycles. The van der Waals surface area contributed by atoms with Gasteiger partial charge in [-0.25, -0.2) is 0 Å². The molecule has 0 N–H and O–H groups in total. The normalized spacial score (nSPS) is 11.5. The molecule has 0 atom stereocenters. The standard InChI is InChI=1S/C56H42N2Si/c1-3-41(2)42-30-32-45(33-31-42)57(46-34-36-47(37-35-46)58-55-29-16-15-28-53(55)54-38-43-18-13-14-19-44(43)39-56(54)58)48-20-17-27-52(40-48)59(49-21-7-4-8-22-49,50-23-9-5-10-24-50)51-25-11-6-12-26-51/h3-40H,1-2H2. The van der Waals surface area contributed by atoms with Gasteiger partial charge in [0.05, 0.1) is 11.0 Å². The Kier molecular flexibility index (Phi) is 9.21. The van der Waals surface area contributed by atoms with Crippen LogP contribution < -0.4 is 25.6 Å². The van der Waals surface area contributed by atoms with Gasteiger partial charge in [0.1, 0.15) is 0 Å². The maximum atomic E-state index is 4.22. The fraction of sp³-hybridized carbons (Fsp3) is 0. The van der Waals surface area contributed by atoms with Crippen LogP contribution in [0, 0.1) is 0 Å². The Morgan fingerprint density at radius 2 is 0.932 bits per heavy atom. The summed E-state index contributed by atoms with van der Waals surface area (Å²) in [5, 5.41) is 10.3. The molecule has 0 amide bonds. The lowest BCUT2D eigenvalue weighted by Crippen LogP contribution is -2.74. The van der Waals surface area contributed by atoms with Crippen molar-refractivity contribution in [2.45, 2.75) is 0 Å². The lowest BCUT2D eigenvalue weighted by Gasteiger charge is -2.35. The number of nitrogens with zero attached hydrogens (tertiary/aromatic N) is 2. The van der Waals surface area contributed by atoms with E-state index in [0.717, 1.165) is 33.9 Å². The molecule has 1 heterocycles. The molecule has 0 bridgehead atoms. The lowest BCUT2D eigenvalue weighted by molar-refractivity contribution is 1.17. The number of benzene rings is 9. The number of fused-ring (bicyclic) bond motifs is 4. The molecule has 0 saturated heterocycles. The van der Waals surface area contributed by atoms with Crippen molar-refractivity contribution in [3.8, 4) is 5.69 Å². The molecule has 1 aromatic heterocycles. The van der Waals surface area contributed by atoms with E-state index in [4.69, 9.17) is 0 Å². The van der Waals surface area contributed by atoms with Crippen molar-refractivity contribution >= 4 is 84.0 Å². The summed E-state index contributed by atoms with van der Waals surface area (Å²) in [6, 6.07) is 82.3. The first-order valence-corrected chi connectivity index (χ1v) is 22.1. The fourth-order valence-electron chi connectivity index (χ4n) is 9.02. The molecule has 9 aromatic carbocycles. The Morgan fingerprint density at radius 3 is 1.53 bits per heavy atom. The van der Waals surface area contributed by atoms with Crippen molar-refractivity contribution < 1.29 is 0 Å². The highest BCUT2D eigenvalue weighted by Crippen LogP contribution is 2.38. The highest BCUT2D eigenvalue weighted by molar-refractivity contribution is 7.19. The lowest BCUT2D eigenvalue weighted by atomic mass is 10.1. The van der Waals surface area contributed by atoms with Gasteiger partial charge in [-0.1, -0.05) is 177 Å². The third kappa shape index (κ3) is 6.20. The number of para-hydroxylation sites is 1. The van der Waals surface area contributed by atoms with Crippen molar-refractivity contribution in [3.63, 3.8) is 0 Å². The Labute approximate surface area is 346 Å². The summed E-state index contributed by atoms with van der Waals surface area (Å²) in [5.41, 5.74) is 8.68. The molecule has 2 nitrogen and oxygen atoms in total. The summed E-state index contributed by atoms with van der Waals surface area (Å²) in [5.74, 6) is 0. The summed E-state index contributed by atoms with van der Waals surface area (Å²) in [6.45, 7) is 8.19. The summed E-state index contributed by atoms with van der Waals surface area (Å²) in [6.07, 6.45) is 1.81. The van der Waals surface area contributed by atoms with E-state index in [9.17, 15) is 0 Å². The van der Waals surface area contributed by atoms with Crippen LogP contribution in [-0.2, 0) is 0 Å². The van der Waals surface area contributed by atoms with E-state index in [-0.39, 0.29) is 0 Å². The van der Waals surface area contributed by atoms with Crippen LogP contribution in [-0.4, -0.2) is 12.6 Å². The van der Waals surface area contributed by atoms with E-state index in [0.29, 0.717) is 0 Å². The van der Waals surface area contributed by atoms with Crippen LogP contribution in [0.3, 0.4) is 0 Å². The van der Waals surface area contributed by atoms with Crippen LogP contribution >= 0.6 is 0 Å². The molecular weight excluding hydrogens is 729 g/mol. The van der Waals surface area contributed by atoms with Crippen molar-refractivity contribution in [2.75, 3.05) is 4.90 Å². The van der Waals surface area contributed by atoms with Crippen molar-refractivity contribution in [2.24, 2.45) is 0 Å². The number of hydrogen-bond donors (Lipinski definition) is 0. The van der Waals surface area contributed by atoms with Crippen LogP contribution in [0.15, 0.2) is 244 Å². The van der Waals surface area contributed by atoms with E-state index in [1.54, 1.807) is 0 Å². The molecule has 10 rings (SSSR count). The molecule has 0 fully saturated rings. The van der Waals surface area contributed by atoms with Gasteiger partial charge in [-0.15, -0.1) is 0 Å². The van der Waals surface area contributed by atoms with Gasteiger partial charge in [-0.2, -0.15) is 0 Å². The van der Waals surface area contributed by atoms with E-state index < -0.39 is 8.07 Å². The summed E-state index contributed by atoms with van der Waals surface area (Å²) >= 11 is 0. The minimum absolute atomic E-state index is 0.901. The first-order chi connectivity index (χ1) is 29.1. The van der Waals surface area contributed by atoms with Gasteiger partial charge in [-0.3, -0.25) is 0 Å². The Balaban J connectivity index is 1.17. The average molecular weight is 771 g/mol. The maximum Gasteiger partial charge on any atom is 0.179 e. The van der Waals surface area contributed by atoms with Gasteiger partial charge in [0.25, 0.3) is 0 Å². The minimum atomic E-state index is -2.78. The molecule has 0 radical (unpaired) electrons. The number of hydrogen-bond acceptors (Lipinski definition) is 1. The van der Waals surface area contributed by atoms with Gasteiger partial charge in [-0.05, 0) is 109 Å². The predicted octanol–water partition coefficient (Wildman–Crippen LogP) is 12.0. The van der Waals surface area contributed by atoms with Gasteiger partial charge in [0.15, 0.2) is 8.07 Å². The highest BCUT2D eigenvalue weighted by Gasteiger charge is 2.41. The van der Waals surface area contributed by atoms with Crippen LogP contribution in [0.4, 0.5) is 17.1 Å². The fourth-order valence-corrected chi connectivity index (χ4v) is 13.8. The number of allylic oxidation sites excluding steroid dienone is 2. The monoisotopic (exact) mass is 770 g/mol. The largest absolute Gasteiger partial charge is 0.311 e. The van der Waals surface area contributed by atoms with Crippen molar-refractivity contribution in [1.82, 2.24) is 4.57 Å². The zero-order chi connectivity index (χ0) is 39.8. The molecular formula is C56H42N2Si. The summed E-state index contributed by atoms with van der Waals surface area (Å²) in [4.78, 5) is 2.38. The molecule has 0 saturated carbocycles. The second kappa shape index (κ2) is 15.1. The van der Waals surface area contributed by atoms with Crippen LogP contribution in [0.25, 0.3) is 43.8 Å². The zero-order valence-electron chi connectivity index (χ0n) is 32.7. The average Bonchev–Trinajstić information content (AvgIpc) is 3.63. The molecule has 10 aromatic rings. The van der Waals surface area contributed by atoms with E-state index in [2.05, 4.69) is 247 Å². The van der Waals surface area contributed by atoms with Crippen LogP contribution in [0.5, 0.6) is 0 Å². The molecule has 0 unspecified atom stereocenters. The SMILES string of the molecule is C=CC(=C)c1ccc(N(c2ccc(-n3c4ccccc4c4cc5ccccc5cc43)cc2)c2cccc([Si](c3ccccc3)(c3ccccc3)c3ccccc3)c2)cc1. The third-order valence-electron chi connectivity index (χ3n) is 11.8. The second-order valence-electron chi connectivity index (χ2n) is 15.1. The number of aromatic nitrogens is 1. The molecule has 3 heteroatoms. The van der Waals surface area contributed by atoms with Crippen molar-refractivity contribution in [3.05, 3.63) is 249 Å². The van der Waals surface area contributed by atoms with Gasteiger partial charge in [0.2, 0.25) is 0 Å². The van der Waals surface area contributed by atoms with Crippen LogP contribution in [0.2, 0.25) is 0 Å². The van der Waals surface area contributed by atoms with Gasteiger partial charge >= 0.3 is 0 Å². The Bertz CT molecular complexity index is 3020. The quantitative estimate of drug-likeness (QED) is 0.0764. The van der Waals surface area contributed by atoms with Crippen LogP contribution in [0.1, 0.15) is 5.56 Å². The second-order valence-corrected chi connectivity index (χ2v) is 18.9. The zero-order valence-corrected chi connectivity index (χ0v) is 33.7. The van der Waals surface area contributed by atoms with E-state index in [1.807, 2.05) is 6.08 Å². The van der Waals surface area contributed by atoms with Gasteiger partial charge in [0, 0.05) is 33.5 Å². The first kappa shape index (κ1) is 35.9. The van der Waals surface area contributed by atoms with E-state index in [1.165, 1.54) is 53.3 Å². The number of rotatable bonds is 10. The van der Waals surface area contributed by atoms with E-state index >= 15 is 0 Å².